The Morgan fingerprint density at radius 1 is 1.05 bits per heavy atom. The maximum atomic E-state index is 3.44. The Bertz CT molecular complexity index is 565. The SMILES string of the molecule is CNC1CCN(CCCc2ccccc2)c2ccccc21. The molecule has 0 amide bonds. The molecule has 1 atom stereocenters. The molecule has 2 aromatic rings. The van der Waals surface area contributed by atoms with Gasteiger partial charge < -0.3 is 10.2 Å². The van der Waals surface area contributed by atoms with Gasteiger partial charge in [-0.2, -0.15) is 0 Å². The number of nitrogens with zero attached hydrogens (tertiary/aromatic N) is 1. The molecule has 0 aliphatic carbocycles. The Morgan fingerprint density at radius 3 is 2.62 bits per heavy atom. The summed E-state index contributed by atoms with van der Waals surface area (Å²) < 4.78 is 0. The van der Waals surface area contributed by atoms with E-state index in [0.29, 0.717) is 6.04 Å². The molecule has 2 aromatic carbocycles. The fraction of sp³-hybridized carbons (Fsp3) is 0.368. The Labute approximate surface area is 127 Å². The summed E-state index contributed by atoms with van der Waals surface area (Å²) in [6.45, 7) is 2.29. The summed E-state index contributed by atoms with van der Waals surface area (Å²) in [5.74, 6) is 0. The third-order valence-electron chi connectivity index (χ3n) is 4.43. The molecule has 0 saturated heterocycles. The van der Waals surface area contributed by atoms with Crippen molar-refractivity contribution in [3.05, 3.63) is 65.7 Å². The standard InChI is InChI=1S/C19H24N2/c1-20-18-13-15-21(19-12-6-5-11-17(18)19)14-7-10-16-8-3-2-4-9-16/h2-6,8-9,11-12,18,20H,7,10,13-15H2,1H3. The van der Waals surface area contributed by atoms with E-state index in [4.69, 9.17) is 0 Å². The molecule has 3 rings (SSSR count). The summed E-state index contributed by atoms with van der Waals surface area (Å²) in [7, 11) is 2.06. The molecule has 1 unspecified atom stereocenters. The molecule has 1 aliphatic rings. The van der Waals surface area contributed by atoms with Gasteiger partial charge in [0.25, 0.3) is 0 Å². The molecule has 1 aliphatic heterocycles. The molecule has 0 aromatic heterocycles. The summed E-state index contributed by atoms with van der Waals surface area (Å²) in [6, 6.07) is 20.1. The predicted molar refractivity (Wildman–Crippen MR) is 89.8 cm³/mol. The zero-order chi connectivity index (χ0) is 14.5. The van der Waals surface area contributed by atoms with Crippen LogP contribution in [0.2, 0.25) is 0 Å². The lowest BCUT2D eigenvalue weighted by Crippen LogP contribution is -2.35. The Hall–Kier alpha value is -1.80. The van der Waals surface area contributed by atoms with E-state index in [-0.39, 0.29) is 0 Å². The van der Waals surface area contributed by atoms with Gasteiger partial charge >= 0.3 is 0 Å². The molecule has 0 fully saturated rings. The van der Waals surface area contributed by atoms with Crippen molar-refractivity contribution in [3.8, 4) is 0 Å². The van der Waals surface area contributed by atoms with Crippen molar-refractivity contribution in [2.45, 2.75) is 25.3 Å². The lowest BCUT2D eigenvalue weighted by Gasteiger charge is -2.35. The minimum absolute atomic E-state index is 0.506. The molecule has 0 radical (unpaired) electrons. The maximum absolute atomic E-state index is 3.44. The molecule has 1 heterocycles. The van der Waals surface area contributed by atoms with Crippen molar-refractivity contribution in [3.63, 3.8) is 0 Å². The second-order valence-electron chi connectivity index (χ2n) is 5.76. The van der Waals surface area contributed by atoms with Crippen LogP contribution in [0.25, 0.3) is 0 Å². The Balaban J connectivity index is 1.64. The summed E-state index contributed by atoms with van der Waals surface area (Å²) in [4.78, 5) is 2.55. The first kappa shape index (κ1) is 14.2. The van der Waals surface area contributed by atoms with Gasteiger partial charge in [-0.25, -0.2) is 0 Å². The molecule has 21 heavy (non-hydrogen) atoms. The average molecular weight is 280 g/mol. The van der Waals surface area contributed by atoms with Gasteiger partial charge in [-0.1, -0.05) is 48.5 Å². The van der Waals surface area contributed by atoms with Gasteiger partial charge in [-0.15, -0.1) is 0 Å². The monoisotopic (exact) mass is 280 g/mol. The number of fused-ring (bicyclic) bond motifs is 1. The number of para-hydroxylation sites is 1. The third-order valence-corrected chi connectivity index (χ3v) is 4.43. The maximum Gasteiger partial charge on any atom is 0.0414 e. The van der Waals surface area contributed by atoms with Gasteiger partial charge in [-0.05, 0) is 43.5 Å². The number of rotatable bonds is 5. The first-order valence-electron chi connectivity index (χ1n) is 7.93. The molecule has 2 heteroatoms. The fourth-order valence-electron chi connectivity index (χ4n) is 3.28. The van der Waals surface area contributed by atoms with E-state index >= 15 is 0 Å². The van der Waals surface area contributed by atoms with Crippen molar-refractivity contribution >= 4 is 5.69 Å². The van der Waals surface area contributed by atoms with Gasteiger partial charge in [0, 0.05) is 24.8 Å². The van der Waals surface area contributed by atoms with Crippen LogP contribution in [0.5, 0.6) is 0 Å². The van der Waals surface area contributed by atoms with Crippen molar-refractivity contribution < 1.29 is 0 Å². The zero-order valence-electron chi connectivity index (χ0n) is 12.8. The summed E-state index contributed by atoms with van der Waals surface area (Å²) in [5.41, 5.74) is 4.30. The van der Waals surface area contributed by atoms with E-state index in [2.05, 4.69) is 71.9 Å². The number of hydrogen-bond donors (Lipinski definition) is 1. The summed E-state index contributed by atoms with van der Waals surface area (Å²) in [6.07, 6.45) is 3.57. The van der Waals surface area contributed by atoms with Crippen LogP contribution in [-0.2, 0) is 6.42 Å². The van der Waals surface area contributed by atoms with Gasteiger partial charge in [0.05, 0.1) is 0 Å². The van der Waals surface area contributed by atoms with E-state index in [1.54, 1.807) is 0 Å². The molecular formula is C19H24N2. The van der Waals surface area contributed by atoms with Crippen LogP contribution in [-0.4, -0.2) is 20.1 Å². The van der Waals surface area contributed by atoms with Crippen molar-refractivity contribution in [1.82, 2.24) is 5.32 Å². The van der Waals surface area contributed by atoms with Crippen LogP contribution in [0.15, 0.2) is 54.6 Å². The number of nitrogens with one attached hydrogen (secondary N) is 1. The highest BCUT2D eigenvalue weighted by Crippen LogP contribution is 2.33. The van der Waals surface area contributed by atoms with E-state index in [1.165, 1.54) is 29.7 Å². The van der Waals surface area contributed by atoms with E-state index in [1.807, 2.05) is 0 Å². The largest absolute Gasteiger partial charge is 0.371 e. The van der Waals surface area contributed by atoms with Crippen molar-refractivity contribution in [2.75, 3.05) is 25.0 Å². The van der Waals surface area contributed by atoms with Crippen LogP contribution in [0.1, 0.15) is 30.0 Å². The quantitative estimate of drug-likeness (QED) is 0.896. The highest BCUT2D eigenvalue weighted by Gasteiger charge is 2.22. The third kappa shape index (κ3) is 3.27. The van der Waals surface area contributed by atoms with E-state index < -0.39 is 0 Å². The normalized spacial score (nSPS) is 17.6. The zero-order valence-corrected chi connectivity index (χ0v) is 12.8. The fourth-order valence-corrected chi connectivity index (χ4v) is 3.28. The smallest absolute Gasteiger partial charge is 0.0414 e. The predicted octanol–water partition coefficient (Wildman–Crippen LogP) is 3.79. The minimum atomic E-state index is 0.506. The van der Waals surface area contributed by atoms with Crippen molar-refractivity contribution in [2.24, 2.45) is 0 Å². The lowest BCUT2D eigenvalue weighted by molar-refractivity contribution is 0.513. The van der Waals surface area contributed by atoms with Crippen molar-refractivity contribution in [1.29, 1.82) is 0 Å². The van der Waals surface area contributed by atoms with Crippen LogP contribution >= 0.6 is 0 Å². The van der Waals surface area contributed by atoms with Gasteiger partial charge in [0.15, 0.2) is 0 Å². The van der Waals surface area contributed by atoms with Crippen LogP contribution in [0.4, 0.5) is 5.69 Å². The molecule has 110 valence electrons. The van der Waals surface area contributed by atoms with Gasteiger partial charge in [-0.3, -0.25) is 0 Å². The van der Waals surface area contributed by atoms with E-state index in [0.717, 1.165) is 19.5 Å². The van der Waals surface area contributed by atoms with Crippen LogP contribution < -0.4 is 10.2 Å². The van der Waals surface area contributed by atoms with Crippen LogP contribution in [0.3, 0.4) is 0 Å². The second kappa shape index (κ2) is 6.77. The molecule has 2 nitrogen and oxygen atoms in total. The van der Waals surface area contributed by atoms with Gasteiger partial charge in [0.1, 0.15) is 0 Å². The first-order chi connectivity index (χ1) is 10.4. The Morgan fingerprint density at radius 2 is 1.81 bits per heavy atom. The summed E-state index contributed by atoms with van der Waals surface area (Å²) in [5, 5.41) is 3.44. The molecule has 0 spiro atoms. The number of hydrogen-bond acceptors (Lipinski definition) is 2. The second-order valence-corrected chi connectivity index (χ2v) is 5.76. The van der Waals surface area contributed by atoms with E-state index in [9.17, 15) is 0 Å². The number of anilines is 1. The Kier molecular flexibility index (Phi) is 4.56. The molecule has 0 saturated carbocycles. The number of aryl methyl sites for hydroxylation is 1. The highest BCUT2D eigenvalue weighted by molar-refractivity contribution is 5.56. The lowest BCUT2D eigenvalue weighted by atomic mass is 9.96. The summed E-state index contributed by atoms with van der Waals surface area (Å²) >= 11 is 0. The first-order valence-corrected chi connectivity index (χ1v) is 7.93. The van der Waals surface area contributed by atoms with Crippen LogP contribution in [0, 0.1) is 0 Å². The number of benzene rings is 2. The average Bonchev–Trinajstić information content (AvgIpc) is 2.56. The minimum Gasteiger partial charge on any atom is -0.371 e. The molecular weight excluding hydrogens is 256 g/mol. The highest BCUT2D eigenvalue weighted by atomic mass is 15.1. The van der Waals surface area contributed by atoms with Gasteiger partial charge in [0.2, 0.25) is 0 Å². The topological polar surface area (TPSA) is 15.3 Å². The molecule has 0 bridgehead atoms. The molecule has 1 N–H and O–H groups in total.